The highest BCUT2D eigenvalue weighted by molar-refractivity contribution is 7.90. The first-order valence-corrected chi connectivity index (χ1v) is 6.84. The van der Waals surface area contributed by atoms with Gasteiger partial charge in [-0.3, -0.25) is 0 Å². The maximum Gasteiger partial charge on any atom is 0.416 e. The van der Waals surface area contributed by atoms with Crippen molar-refractivity contribution in [3.63, 3.8) is 0 Å². The Hall–Kier alpha value is -1.04. The third kappa shape index (κ3) is 3.21. The van der Waals surface area contributed by atoms with Crippen LogP contribution in [0.2, 0.25) is 0 Å². The first kappa shape index (κ1) is 14.0. The fourth-order valence-corrected chi connectivity index (χ4v) is 2.16. The molecule has 0 aromatic heterocycles. The minimum Gasteiger partial charge on any atom is -0.224 e. The average Bonchev–Trinajstić information content (AvgIpc) is 2.14. The number of hydrogen-bond acceptors (Lipinski definition) is 2. The Morgan fingerprint density at radius 3 is 2.06 bits per heavy atom. The number of rotatable bonds is 2. The summed E-state index contributed by atoms with van der Waals surface area (Å²) < 4.78 is 60.8. The highest BCUT2D eigenvalue weighted by Gasteiger charge is 2.34. The molecule has 0 heterocycles. The molecule has 0 amide bonds. The lowest BCUT2D eigenvalue weighted by Gasteiger charge is -2.16. The third-order valence-electron chi connectivity index (χ3n) is 2.38. The molecule has 0 saturated carbocycles. The molecule has 0 bridgehead atoms. The van der Waals surface area contributed by atoms with Crippen LogP contribution in [0.15, 0.2) is 23.1 Å². The van der Waals surface area contributed by atoms with E-state index in [4.69, 9.17) is 0 Å². The van der Waals surface area contributed by atoms with Gasteiger partial charge in [-0.25, -0.2) is 8.42 Å². The molecule has 2 nitrogen and oxygen atoms in total. The Bertz CT molecular complexity index is 516. The summed E-state index contributed by atoms with van der Waals surface area (Å²) in [7, 11) is -3.63. The normalized spacial score (nSPS) is 13.1. The van der Waals surface area contributed by atoms with Gasteiger partial charge in [-0.05, 0) is 23.6 Å². The van der Waals surface area contributed by atoms with Crippen molar-refractivity contribution in [1.82, 2.24) is 0 Å². The molecule has 0 atom stereocenters. The highest BCUT2D eigenvalue weighted by Crippen LogP contribution is 2.36. The van der Waals surface area contributed by atoms with Crippen LogP contribution in [0.1, 0.15) is 30.9 Å². The van der Waals surface area contributed by atoms with Gasteiger partial charge in [0.25, 0.3) is 0 Å². The van der Waals surface area contributed by atoms with Crippen molar-refractivity contribution in [3.8, 4) is 0 Å². The monoisotopic (exact) mass is 266 g/mol. The lowest BCUT2D eigenvalue weighted by molar-refractivity contribution is -0.138. The zero-order valence-corrected chi connectivity index (χ0v) is 10.5. The number of benzene rings is 1. The van der Waals surface area contributed by atoms with Gasteiger partial charge in [0, 0.05) is 6.26 Å². The number of hydrogen-bond donors (Lipinski definition) is 0. The van der Waals surface area contributed by atoms with Gasteiger partial charge in [0.15, 0.2) is 9.84 Å². The molecule has 0 unspecified atom stereocenters. The molecule has 1 aromatic carbocycles. The van der Waals surface area contributed by atoms with Gasteiger partial charge in [-0.2, -0.15) is 13.2 Å². The van der Waals surface area contributed by atoms with Crippen molar-refractivity contribution < 1.29 is 21.6 Å². The minimum atomic E-state index is -4.54. The summed E-state index contributed by atoms with van der Waals surface area (Å²) in [4.78, 5) is -0.311. The standard InChI is InChI=1S/C11H13F3O2S/c1-7(2)9-5-4-8(17(3,15)16)6-10(9)11(12,13)14/h4-7H,1-3H3. The van der Waals surface area contributed by atoms with Gasteiger partial charge < -0.3 is 0 Å². The Balaban J connectivity index is 3.51. The van der Waals surface area contributed by atoms with Crippen LogP contribution in [0.3, 0.4) is 0 Å². The molecule has 0 spiro atoms. The Morgan fingerprint density at radius 2 is 1.71 bits per heavy atom. The molecule has 1 aromatic rings. The fraction of sp³-hybridized carbons (Fsp3) is 0.455. The molecule has 0 aliphatic heterocycles. The van der Waals surface area contributed by atoms with Gasteiger partial charge in [0.2, 0.25) is 0 Å². The van der Waals surface area contributed by atoms with Gasteiger partial charge >= 0.3 is 6.18 Å². The fourth-order valence-electron chi connectivity index (χ4n) is 1.51. The summed E-state index contributed by atoms with van der Waals surface area (Å²) in [6.45, 7) is 3.26. The summed E-state index contributed by atoms with van der Waals surface area (Å²) >= 11 is 0. The quantitative estimate of drug-likeness (QED) is 0.823. The van der Waals surface area contributed by atoms with Crippen LogP contribution in [0.5, 0.6) is 0 Å². The lowest BCUT2D eigenvalue weighted by Crippen LogP contribution is -2.12. The predicted molar refractivity (Wildman–Crippen MR) is 58.6 cm³/mol. The van der Waals surface area contributed by atoms with Crippen LogP contribution in [-0.2, 0) is 16.0 Å². The second-order valence-electron chi connectivity index (χ2n) is 4.17. The van der Waals surface area contributed by atoms with E-state index in [1.54, 1.807) is 13.8 Å². The maximum absolute atomic E-state index is 12.8. The second kappa shape index (κ2) is 4.33. The molecule has 1 rings (SSSR count). The van der Waals surface area contributed by atoms with E-state index >= 15 is 0 Å². The molecule has 0 aliphatic rings. The van der Waals surface area contributed by atoms with Crippen molar-refractivity contribution in [2.24, 2.45) is 0 Å². The van der Waals surface area contributed by atoms with Crippen LogP contribution >= 0.6 is 0 Å². The summed E-state index contributed by atoms with van der Waals surface area (Å²) in [5, 5.41) is 0. The van der Waals surface area contributed by atoms with E-state index in [-0.39, 0.29) is 16.4 Å². The number of halogens is 3. The Labute approximate surface area is 98.4 Å². The molecule has 0 N–H and O–H groups in total. The first-order valence-electron chi connectivity index (χ1n) is 4.94. The van der Waals surface area contributed by atoms with Crippen LogP contribution in [-0.4, -0.2) is 14.7 Å². The molecular formula is C11H13F3O2S. The molecular weight excluding hydrogens is 253 g/mol. The Kier molecular flexibility index (Phi) is 3.57. The van der Waals surface area contributed by atoms with E-state index in [2.05, 4.69) is 0 Å². The largest absolute Gasteiger partial charge is 0.416 e. The second-order valence-corrected chi connectivity index (χ2v) is 6.19. The van der Waals surface area contributed by atoms with Crippen molar-refractivity contribution >= 4 is 9.84 Å². The van der Waals surface area contributed by atoms with Crippen molar-refractivity contribution in [3.05, 3.63) is 29.3 Å². The van der Waals surface area contributed by atoms with Crippen LogP contribution in [0.4, 0.5) is 13.2 Å². The predicted octanol–water partition coefficient (Wildman–Crippen LogP) is 3.23. The molecule has 0 aliphatic carbocycles. The zero-order chi connectivity index (χ0) is 13.4. The van der Waals surface area contributed by atoms with E-state index in [9.17, 15) is 21.6 Å². The van der Waals surface area contributed by atoms with Crippen LogP contribution in [0, 0.1) is 0 Å². The molecule has 96 valence electrons. The van der Waals surface area contributed by atoms with Gasteiger partial charge in [-0.1, -0.05) is 19.9 Å². The summed E-state index contributed by atoms with van der Waals surface area (Å²) in [6.07, 6.45) is -3.65. The van der Waals surface area contributed by atoms with Gasteiger partial charge in [0.1, 0.15) is 0 Å². The zero-order valence-electron chi connectivity index (χ0n) is 9.67. The topological polar surface area (TPSA) is 34.1 Å². The minimum absolute atomic E-state index is 0.102. The van der Waals surface area contributed by atoms with E-state index in [1.165, 1.54) is 12.1 Å². The first-order chi connectivity index (χ1) is 7.53. The molecule has 6 heteroatoms. The van der Waals surface area contributed by atoms with Crippen molar-refractivity contribution in [2.45, 2.75) is 30.8 Å². The van der Waals surface area contributed by atoms with Gasteiger partial charge in [-0.15, -0.1) is 0 Å². The molecule has 0 fully saturated rings. The average molecular weight is 266 g/mol. The maximum atomic E-state index is 12.8. The van der Waals surface area contributed by atoms with Crippen LogP contribution in [0.25, 0.3) is 0 Å². The van der Waals surface area contributed by atoms with E-state index in [0.29, 0.717) is 6.07 Å². The van der Waals surface area contributed by atoms with Crippen molar-refractivity contribution in [2.75, 3.05) is 6.26 Å². The van der Waals surface area contributed by atoms with E-state index in [0.717, 1.165) is 6.26 Å². The molecule has 0 saturated heterocycles. The number of alkyl halides is 3. The third-order valence-corrected chi connectivity index (χ3v) is 3.49. The van der Waals surface area contributed by atoms with Gasteiger partial charge in [0.05, 0.1) is 10.5 Å². The number of sulfone groups is 1. The summed E-state index contributed by atoms with van der Waals surface area (Å²) in [6, 6.07) is 3.13. The molecule has 0 radical (unpaired) electrons. The molecule has 17 heavy (non-hydrogen) atoms. The summed E-state index contributed by atoms with van der Waals surface area (Å²) in [5.41, 5.74) is -0.777. The Morgan fingerprint density at radius 1 is 1.18 bits per heavy atom. The van der Waals surface area contributed by atoms with E-state index < -0.39 is 21.6 Å². The summed E-state index contributed by atoms with van der Waals surface area (Å²) in [5.74, 6) is -0.319. The SMILES string of the molecule is CC(C)c1ccc(S(C)(=O)=O)cc1C(F)(F)F. The smallest absolute Gasteiger partial charge is 0.224 e. The van der Waals surface area contributed by atoms with Crippen LogP contribution < -0.4 is 0 Å². The highest BCUT2D eigenvalue weighted by atomic mass is 32.2. The lowest BCUT2D eigenvalue weighted by atomic mass is 9.97. The van der Waals surface area contributed by atoms with E-state index in [1.807, 2.05) is 0 Å². The van der Waals surface area contributed by atoms with Crippen molar-refractivity contribution in [1.29, 1.82) is 0 Å².